The van der Waals surface area contributed by atoms with Crippen LogP contribution in [-0.4, -0.2) is 5.94 Å². The minimum absolute atomic E-state index is 0.584. The highest BCUT2D eigenvalue weighted by atomic mass is 16.1. The monoisotopic (exact) mass is 147 g/mol. The molecule has 0 amide bonds. The summed E-state index contributed by atoms with van der Waals surface area (Å²) in [6, 6.07) is 0. The van der Waals surface area contributed by atoms with Gasteiger partial charge in [-0.05, 0) is 19.1 Å². The molecule has 0 atom stereocenters. The highest BCUT2D eigenvalue weighted by molar-refractivity contribution is 5.60. The Hall–Kier alpha value is -1.53. The summed E-state index contributed by atoms with van der Waals surface area (Å²) in [7, 11) is 0. The van der Waals surface area contributed by atoms with Gasteiger partial charge in [-0.25, -0.2) is 4.79 Å². The number of hydrogen-bond donors (Lipinski definition) is 1. The van der Waals surface area contributed by atoms with Gasteiger partial charge in [-0.3, -0.25) is 0 Å². The third-order valence-corrected chi connectivity index (χ3v) is 1.38. The molecule has 2 heteroatoms. The van der Waals surface area contributed by atoms with Gasteiger partial charge in [0.2, 0.25) is 0 Å². The Morgan fingerprint density at radius 2 is 2.27 bits per heavy atom. The van der Waals surface area contributed by atoms with E-state index in [9.17, 15) is 4.79 Å². The molecule has 0 aromatic heterocycles. The fourth-order valence-corrected chi connectivity index (χ4v) is 0.746. The number of hydrogen-bond acceptors (Lipinski definition) is 2. The van der Waals surface area contributed by atoms with E-state index < -0.39 is 0 Å². The molecule has 1 aliphatic heterocycles. The van der Waals surface area contributed by atoms with E-state index in [0.717, 1.165) is 5.70 Å². The zero-order valence-corrected chi connectivity index (χ0v) is 6.29. The van der Waals surface area contributed by atoms with E-state index in [-0.39, 0.29) is 0 Å². The average molecular weight is 147 g/mol. The molecular formula is C9H9NO. The van der Waals surface area contributed by atoms with Gasteiger partial charge in [-0.15, -0.1) is 0 Å². The molecule has 0 saturated carbocycles. The Kier molecular flexibility index (Phi) is 2.47. The second-order valence-corrected chi connectivity index (χ2v) is 2.20. The predicted octanol–water partition coefficient (Wildman–Crippen LogP) is 1.32. The summed E-state index contributed by atoms with van der Waals surface area (Å²) in [6.45, 7) is 1.72. The summed E-state index contributed by atoms with van der Waals surface area (Å²) >= 11 is 0. The Morgan fingerprint density at radius 3 is 3.00 bits per heavy atom. The van der Waals surface area contributed by atoms with E-state index in [4.69, 9.17) is 0 Å². The Morgan fingerprint density at radius 1 is 1.45 bits per heavy atom. The quantitative estimate of drug-likeness (QED) is 0.567. The third kappa shape index (κ3) is 1.95. The molecule has 0 fully saturated rings. The zero-order valence-electron chi connectivity index (χ0n) is 6.29. The largest absolute Gasteiger partial charge is 0.361 e. The van der Waals surface area contributed by atoms with Crippen LogP contribution in [0.1, 0.15) is 6.92 Å². The lowest BCUT2D eigenvalue weighted by Crippen LogP contribution is -2.05. The standard InChI is InChI=1S/C9H9NO/c1-8(7-11)9-5-3-2-4-6-10-9/h2-6,10H,1H3. The first-order chi connectivity index (χ1) is 5.34. The number of rotatable bonds is 1. The molecule has 0 radical (unpaired) electrons. The van der Waals surface area contributed by atoms with Gasteiger partial charge in [-0.1, -0.05) is 12.2 Å². The molecule has 56 valence electrons. The van der Waals surface area contributed by atoms with Crippen LogP contribution in [0, 0.1) is 0 Å². The fourth-order valence-electron chi connectivity index (χ4n) is 0.746. The molecule has 11 heavy (non-hydrogen) atoms. The Balaban J connectivity index is 2.89. The first kappa shape index (κ1) is 7.58. The van der Waals surface area contributed by atoms with Gasteiger partial charge in [0.15, 0.2) is 0 Å². The maximum Gasteiger partial charge on any atom is 0.129 e. The van der Waals surface area contributed by atoms with E-state index in [2.05, 4.69) is 5.32 Å². The normalized spacial score (nSPS) is 14.5. The van der Waals surface area contributed by atoms with Gasteiger partial charge in [0, 0.05) is 6.20 Å². The SMILES string of the molecule is CC(=C=O)C1=CC=CC=CN1. The van der Waals surface area contributed by atoms with Crippen LogP contribution in [0.25, 0.3) is 0 Å². The topological polar surface area (TPSA) is 29.1 Å². The van der Waals surface area contributed by atoms with Crippen molar-refractivity contribution in [3.8, 4) is 0 Å². The Labute approximate surface area is 65.6 Å². The summed E-state index contributed by atoms with van der Waals surface area (Å²) in [5, 5.41) is 2.95. The summed E-state index contributed by atoms with van der Waals surface area (Å²) < 4.78 is 0. The minimum atomic E-state index is 0.584. The average Bonchev–Trinajstić information content (AvgIpc) is 2.30. The van der Waals surface area contributed by atoms with Crippen LogP contribution >= 0.6 is 0 Å². The lowest BCUT2D eigenvalue weighted by Gasteiger charge is -2.00. The highest BCUT2D eigenvalue weighted by Gasteiger charge is 1.96. The zero-order chi connectivity index (χ0) is 8.10. The van der Waals surface area contributed by atoms with Crippen molar-refractivity contribution in [3.63, 3.8) is 0 Å². The van der Waals surface area contributed by atoms with Crippen molar-refractivity contribution in [1.29, 1.82) is 0 Å². The van der Waals surface area contributed by atoms with E-state index in [1.165, 1.54) is 0 Å². The number of nitrogens with one attached hydrogen (secondary N) is 1. The van der Waals surface area contributed by atoms with Crippen molar-refractivity contribution in [2.24, 2.45) is 0 Å². The summed E-state index contributed by atoms with van der Waals surface area (Å²) in [4.78, 5) is 10.2. The number of allylic oxidation sites excluding steroid dienone is 5. The maximum absolute atomic E-state index is 10.2. The molecule has 0 saturated heterocycles. The molecule has 0 unspecified atom stereocenters. The van der Waals surface area contributed by atoms with Gasteiger partial charge in [0.1, 0.15) is 5.94 Å². The highest BCUT2D eigenvalue weighted by Crippen LogP contribution is 2.03. The van der Waals surface area contributed by atoms with E-state index in [1.807, 2.05) is 30.2 Å². The van der Waals surface area contributed by atoms with E-state index in [0.29, 0.717) is 5.57 Å². The van der Waals surface area contributed by atoms with Crippen LogP contribution in [0.15, 0.2) is 41.8 Å². The molecule has 0 aromatic carbocycles. The smallest absolute Gasteiger partial charge is 0.129 e. The second-order valence-electron chi connectivity index (χ2n) is 2.20. The summed E-state index contributed by atoms with van der Waals surface area (Å²) in [5.74, 6) is 1.83. The van der Waals surface area contributed by atoms with Crippen molar-refractivity contribution >= 4 is 5.94 Å². The second kappa shape index (κ2) is 3.59. The van der Waals surface area contributed by atoms with Crippen molar-refractivity contribution in [2.75, 3.05) is 0 Å². The van der Waals surface area contributed by atoms with Gasteiger partial charge in [0.05, 0.1) is 11.3 Å². The molecule has 0 spiro atoms. The fraction of sp³-hybridized carbons (Fsp3) is 0.111. The molecule has 1 rings (SSSR count). The molecule has 1 heterocycles. The summed E-state index contributed by atoms with van der Waals surface area (Å²) in [6.07, 6.45) is 9.22. The van der Waals surface area contributed by atoms with Gasteiger partial charge < -0.3 is 5.32 Å². The molecule has 2 nitrogen and oxygen atoms in total. The molecular weight excluding hydrogens is 138 g/mol. The lowest BCUT2D eigenvalue weighted by molar-refractivity contribution is 0.567. The van der Waals surface area contributed by atoms with Crippen molar-refractivity contribution < 1.29 is 4.79 Å². The van der Waals surface area contributed by atoms with E-state index in [1.54, 1.807) is 13.1 Å². The van der Waals surface area contributed by atoms with Crippen LogP contribution < -0.4 is 5.32 Å². The maximum atomic E-state index is 10.2. The van der Waals surface area contributed by atoms with Crippen LogP contribution in [0.4, 0.5) is 0 Å². The van der Waals surface area contributed by atoms with Crippen LogP contribution in [-0.2, 0) is 4.79 Å². The molecule has 0 bridgehead atoms. The Bertz CT molecular complexity index is 278. The van der Waals surface area contributed by atoms with Crippen LogP contribution in [0.2, 0.25) is 0 Å². The molecule has 1 aliphatic rings. The predicted molar refractivity (Wildman–Crippen MR) is 44.4 cm³/mol. The van der Waals surface area contributed by atoms with Gasteiger partial charge in [-0.2, -0.15) is 0 Å². The van der Waals surface area contributed by atoms with Gasteiger partial charge in [0.25, 0.3) is 0 Å². The molecule has 0 aromatic rings. The van der Waals surface area contributed by atoms with Crippen molar-refractivity contribution in [3.05, 3.63) is 41.8 Å². The first-order valence-electron chi connectivity index (χ1n) is 3.36. The van der Waals surface area contributed by atoms with E-state index >= 15 is 0 Å². The molecule has 0 aliphatic carbocycles. The summed E-state index contributed by atoms with van der Waals surface area (Å²) in [5.41, 5.74) is 1.38. The number of carbonyl (C=O) groups excluding carboxylic acids is 1. The third-order valence-electron chi connectivity index (χ3n) is 1.38. The lowest BCUT2D eigenvalue weighted by atomic mass is 10.2. The van der Waals surface area contributed by atoms with Gasteiger partial charge >= 0.3 is 0 Å². The van der Waals surface area contributed by atoms with Crippen molar-refractivity contribution in [1.82, 2.24) is 5.32 Å². The van der Waals surface area contributed by atoms with Crippen molar-refractivity contribution in [2.45, 2.75) is 6.92 Å². The van der Waals surface area contributed by atoms with Crippen LogP contribution in [0.5, 0.6) is 0 Å². The molecule has 1 N–H and O–H groups in total. The minimum Gasteiger partial charge on any atom is -0.361 e. The first-order valence-corrected chi connectivity index (χ1v) is 3.36. The van der Waals surface area contributed by atoms with Crippen LogP contribution in [0.3, 0.4) is 0 Å².